The molecule has 1 unspecified atom stereocenters. The van der Waals surface area contributed by atoms with Crippen LogP contribution >= 0.6 is 0 Å². The molecule has 0 fully saturated rings. The number of anilines is 1. The highest BCUT2D eigenvalue weighted by molar-refractivity contribution is 5.83. The first kappa shape index (κ1) is 10.7. The van der Waals surface area contributed by atoms with E-state index in [9.17, 15) is 4.79 Å². The molecule has 0 radical (unpaired) electrons. The van der Waals surface area contributed by atoms with Gasteiger partial charge in [0, 0.05) is 12.1 Å². The lowest BCUT2D eigenvalue weighted by molar-refractivity contribution is -0.137. The summed E-state index contributed by atoms with van der Waals surface area (Å²) in [6.07, 6.45) is 0. The maximum atomic E-state index is 10.7. The number of hydrogen-bond donors (Lipinski definition) is 3. The summed E-state index contributed by atoms with van der Waals surface area (Å²) in [6.45, 7) is 1.75. The minimum Gasteiger partial charge on any atom is -0.480 e. The first-order valence-electron chi connectivity index (χ1n) is 5.42. The van der Waals surface area contributed by atoms with Crippen molar-refractivity contribution in [2.24, 2.45) is 0 Å². The van der Waals surface area contributed by atoms with Crippen LogP contribution in [0.5, 0.6) is 11.5 Å². The molecule has 1 aliphatic heterocycles. The van der Waals surface area contributed by atoms with Gasteiger partial charge in [-0.05, 0) is 6.92 Å². The Morgan fingerprint density at radius 3 is 2.94 bits per heavy atom. The molecule has 0 amide bonds. The number of nitrogens with zero attached hydrogens (tertiary/aromatic N) is 1. The number of aromatic amines is 1. The van der Waals surface area contributed by atoms with Gasteiger partial charge in [-0.3, -0.25) is 4.79 Å². The molecule has 1 aromatic heterocycles. The average molecular weight is 249 g/mol. The lowest BCUT2D eigenvalue weighted by atomic mass is 10.3. The summed E-state index contributed by atoms with van der Waals surface area (Å²) >= 11 is 0. The van der Waals surface area contributed by atoms with E-state index in [2.05, 4.69) is 15.3 Å². The van der Waals surface area contributed by atoms with Crippen LogP contribution in [0.3, 0.4) is 0 Å². The minimum atomic E-state index is -0.940. The van der Waals surface area contributed by atoms with Crippen molar-refractivity contribution in [1.82, 2.24) is 9.97 Å². The van der Waals surface area contributed by atoms with E-state index in [1.165, 1.54) is 0 Å². The predicted molar refractivity (Wildman–Crippen MR) is 62.9 cm³/mol. The molecule has 2 aromatic rings. The van der Waals surface area contributed by atoms with Crippen molar-refractivity contribution in [3.05, 3.63) is 12.1 Å². The highest BCUT2D eigenvalue weighted by Gasteiger charge is 2.17. The second-order valence-electron chi connectivity index (χ2n) is 4.01. The van der Waals surface area contributed by atoms with Crippen molar-refractivity contribution in [3.8, 4) is 11.5 Å². The number of aliphatic carboxylic acids is 1. The Hall–Kier alpha value is -2.44. The number of benzene rings is 1. The van der Waals surface area contributed by atoms with Crippen LogP contribution in [0.4, 0.5) is 5.95 Å². The number of fused-ring (bicyclic) bond motifs is 2. The molecule has 0 aliphatic carbocycles. The van der Waals surface area contributed by atoms with E-state index in [0.29, 0.717) is 23.0 Å². The fourth-order valence-electron chi connectivity index (χ4n) is 1.73. The molecule has 2 heterocycles. The highest BCUT2D eigenvalue weighted by Crippen LogP contribution is 2.35. The van der Waals surface area contributed by atoms with Crippen molar-refractivity contribution in [3.63, 3.8) is 0 Å². The van der Waals surface area contributed by atoms with Gasteiger partial charge in [-0.15, -0.1) is 0 Å². The number of carboxylic acids is 1. The topological polar surface area (TPSA) is 96.5 Å². The Balaban J connectivity index is 1.94. The van der Waals surface area contributed by atoms with E-state index < -0.39 is 12.0 Å². The summed E-state index contributed by atoms with van der Waals surface area (Å²) in [5.41, 5.74) is 1.46. The van der Waals surface area contributed by atoms with Gasteiger partial charge in [0.2, 0.25) is 12.7 Å². The van der Waals surface area contributed by atoms with E-state index in [1.807, 2.05) is 0 Å². The number of carboxylic acid groups (broad SMARTS) is 1. The largest absolute Gasteiger partial charge is 0.480 e. The molecule has 94 valence electrons. The highest BCUT2D eigenvalue weighted by atomic mass is 16.7. The van der Waals surface area contributed by atoms with Crippen LogP contribution in [0.2, 0.25) is 0 Å². The molecular formula is C11H11N3O4. The molecule has 7 heteroatoms. The van der Waals surface area contributed by atoms with E-state index in [0.717, 1.165) is 5.52 Å². The molecule has 3 N–H and O–H groups in total. The SMILES string of the molecule is CC(Nc1nc2cc3c(cc2[nH]1)OCO3)C(=O)O. The van der Waals surface area contributed by atoms with Gasteiger partial charge >= 0.3 is 5.97 Å². The smallest absolute Gasteiger partial charge is 0.325 e. The van der Waals surface area contributed by atoms with Gasteiger partial charge < -0.3 is 24.9 Å². The van der Waals surface area contributed by atoms with Gasteiger partial charge in [0.25, 0.3) is 0 Å². The maximum absolute atomic E-state index is 10.7. The summed E-state index contributed by atoms with van der Waals surface area (Å²) in [7, 11) is 0. The molecule has 1 aliphatic rings. The zero-order valence-corrected chi connectivity index (χ0v) is 9.56. The monoisotopic (exact) mass is 249 g/mol. The quantitative estimate of drug-likeness (QED) is 0.755. The lowest BCUT2D eigenvalue weighted by Gasteiger charge is -2.06. The summed E-state index contributed by atoms with van der Waals surface area (Å²) < 4.78 is 10.5. The van der Waals surface area contributed by atoms with Crippen LogP contribution in [-0.2, 0) is 4.79 Å². The third-order valence-electron chi connectivity index (χ3n) is 2.70. The maximum Gasteiger partial charge on any atom is 0.325 e. The third-order valence-corrected chi connectivity index (χ3v) is 2.70. The molecule has 18 heavy (non-hydrogen) atoms. The number of nitrogens with one attached hydrogen (secondary N) is 2. The molecule has 3 rings (SSSR count). The van der Waals surface area contributed by atoms with E-state index in [-0.39, 0.29) is 6.79 Å². The zero-order valence-electron chi connectivity index (χ0n) is 9.56. The molecule has 0 saturated heterocycles. The fourth-order valence-corrected chi connectivity index (χ4v) is 1.73. The molecule has 0 spiro atoms. The van der Waals surface area contributed by atoms with Crippen molar-refractivity contribution >= 4 is 23.0 Å². The first-order valence-corrected chi connectivity index (χ1v) is 5.42. The lowest BCUT2D eigenvalue weighted by Crippen LogP contribution is -2.25. The number of carbonyl (C=O) groups is 1. The summed E-state index contributed by atoms with van der Waals surface area (Å²) in [5, 5.41) is 11.6. The third kappa shape index (κ3) is 1.69. The standard InChI is InChI=1S/C11H11N3O4/c1-5(10(15)16)12-11-13-6-2-8-9(18-4-17-8)3-7(6)14-11/h2-3,5H,4H2,1H3,(H,15,16)(H2,12,13,14). The van der Waals surface area contributed by atoms with Crippen LogP contribution in [0.1, 0.15) is 6.92 Å². The van der Waals surface area contributed by atoms with Gasteiger partial charge in [0.1, 0.15) is 6.04 Å². The zero-order chi connectivity index (χ0) is 12.7. The normalized spacial score (nSPS) is 14.7. The number of ether oxygens (including phenoxy) is 2. The second-order valence-corrected chi connectivity index (χ2v) is 4.01. The molecule has 0 saturated carbocycles. The fraction of sp³-hybridized carbons (Fsp3) is 0.273. The number of hydrogen-bond acceptors (Lipinski definition) is 5. The van der Waals surface area contributed by atoms with E-state index >= 15 is 0 Å². The van der Waals surface area contributed by atoms with Crippen molar-refractivity contribution in [1.29, 1.82) is 0 Å². The Morgan fingerprint density at radius 2 is 2.22 bits per heavy atom. The summed E-state index contributed by atoms with van der Waals surface area (Å²) in [6, 6.07) is 2.82. The van der Waals surface area contributed by atoms with Crippen molar-refractivity contribution in [2.45, 2.75) is 13.0 Å². The number of imidazole rings is 1. The van der Waals surface area contributed by atoms with Gasteiger partial charge in [0.05, 0.1) is 11.0 Å². The van der Waals surface area contributed by atoms with Crippen LogP contribution in [-0.4, -0.2) is 33.9 Å². The Morgan fingerprint density at radius 1 is 1.50 bits per heavy atom. The van der Waals surface area contributed by atoms with Crippen LogP contribution in [0.25, 0.3) is 11.0 Å². The van der Waals surface area contributed by atoms with Gasteiger partial charge in [0.15, 0.2) is 11.5 Å². The van der Waals surface area contributed by atoms with E-state index in [1.54, 1.807) is 19.1 Å². The Labute approximate surface area is 102 Å². The van der Waals surface area contributed by atoms with Gasteiger partial charge in [-0.1, -0.05) is 0 Å². The summed E-state index contributed by atoms with van der Waals surface area (Å²) in [5.74, 6) is 0.768. The number of aromatic nitrogens is 2. The molecule has 7 nitrogen and oxygen atoms in total. The Bertz CT molecular complexity index is 581. The van der Waals surface area contributed by atoms with Crippen LogP contribution in [0.15, 0.2) is 12.1 Å². The number of H-pyrrole nitrogens is 1. The molecule has 0 bridgehead atoms. The molecule has 1 atom stereocenters. The minimum absolute atomic E-state index is 0.211. The van der Waals surface area contributed by atoms with Crippen LogP contribution < -0.4 is 14.8 Å². The average Bonchev–Trinajstić information content (AvgIpc) is 2.89. The number of rotatable bonds is 3. The first-order chi connectivity index (χ1) is 8.63. The van der Waals surface area contributed by atoms with Gasteiger partial charge in [-0.2, -0.15) is 0 Å². The van der Waals surface area contributed by atoms with Crippen LogP contribution in [0, 0.1) is 0 Å². The van der Waals surface area contributed by atoms with E-state index in [4.69, 9.17) is 14.6 Å². The Kier molecular flexibility index (Phi) is 2.26. The molecule has 1 aromatic carbocycles. The second kappa shape index (κ2) is 3.80. The van der Waals surface area contributed by atoms with Gasteiger partial charge in [-0.25, -0.2) is 4.98 Å². The summed E-state index contributed by atoms with van der Waals surface area (Å²) in [4.78, 5) is 18.0. The molecular weight excluding hydrogens is 238 g/mol. The van der Waals surface area contributed by atoms with Crippen molar-refractivity contribution in [2.75, 3.05) is 12.1 Å². The predicted octanol–water partition coefficient (Wildman–Crippen LogP) is 1.18. The van der Waals surface area contributed by atoms with Crippen molar-refractivity contribution < 1.29 is 19.4 Å².